The van der Waals surface area contributed by atoms with Gasteiger partial charge in [-0.15, -0.1) is 11.3 Å². The third-order valence-corrected chi connectivity index (χ3v) is 5.07. The van der Waals surface area contributed by atoms with Gasteiger partial charge in [-0.25, -0.2) is 0 Å². The van der Waals surface area contributed by atoms with Crippen LogP contribution in [0.15, 0.2) is 34.1 Å². The number of hydrogen-bond donors (Lipinski definition) is 1. The number of methoxy groups -OCH3 is 1. The summed E-state index contributed by atoms with van der Waals surface area (Å²) >= 11 is 4.89. The Balaban J connectivity index is 1.84. The number of hydrogen-bond acceptors (Lipinski definition) is 3. The predicted octanol–water partition coefficient (Wildman–Crippen LogP) is 3.80. The molecule has 0 unspecified atom stereocenters. The Morgan fingerprint density at radius 3 is 2.60 bits per heavy atom. The summed E-state index contributed by atoms with van der Waals surface area (Å²) in [5, 5.41) is 2.94. The number of ether oxygens (including phenoxy) is 1. The summed E-state index contributed by atoms with van der Waals surface area (Å²) in [5.41, 5.74) is 2.27. The average molecular weight is 354 g/mol. The van der Waals surface area contributed by atoms with E-state index in [2.05, 4.69) is 21.2 Å². The lowest BCUT2D eigenvalue weighted by atomic mass is 10.1. The maximum atomic E-state index is 12.0. The third kappa shape index (κ3) is 3.84. The summed E-state index contributed by atoms with van der Waals surface area (Å²) in [7, 11) is 1.65. The SMILES string of the molecule is COc1ccc(CCNC(=O)c2cc(C)c(Br)s2)cc1. The molecule has 0 aliphatic heterocycles. The molecule has 0 fully saturated rings. The van der Waals surface area contributed by atoms with Crippen LogP contribution in [0.1, 0.15) is 20.8 Å². The Kier molecular flexibility index (Phi) is 5.20. The van der Waals surface area contributed by atoms with E-state index in [1.807, 2.05) is 37.3 Å². The van der Waals surface area contributed by atoms with E-state index >= 15 is 0 Å². The van der Waals surface area contributed by atoms with Crippen molar-refractivity contribution in [1.82, 2.24) is 5.32 Å². The molecule has 20 heavy (non-hydrogen) atoms. The molecule has 0 aliphatic carbocycles. The lowest BCUT2D eigenvalue weighted by Gasteiger charge is -2.05. The highest BCUT2D eigenvalue weighted by Gasteiger charge is 2.10. The highest BCUT2D eigenvalue weighted by Crippen LogP contribution is 2.27. The van der Waals surface area contributed by atoms with Crippen molar-refractivity contribution in [2.24, 2.45) is 0 Å². The Bertz CT molecular complexity index is 573. The lowest BCUT2D eigenvalue weighted by Crippen LogP contribution is -2.24. The van der Waals surface area contributed by atoms with Gasteiger partial charge in [0.2, 0.25) is 0 Å². The van der Waals surface area contributed by atoms with Crippen molar-refractivity contribution in [3.63, 3.8) is 0 Å². The number of amides is 1. The van der Waals surface area contributed by atoms with Gasteiger partial charge in [-0.05, 0) is 58.6 Å². The summed E-state index contributed by atoms with van der Waals surface area (Å²) in [4.78, 5) is 12.7. The van der Waals surface area contributed by atoms with Crippen molar-refractivity contribution in [2.75, 3.05) is 13.7 Å². The fourth-order valence-electron chi connectivity index (χ4n) is 1.77. The highest BCUT2D eigenvalue weighted by molar-refractivity contribution is 9.11. The maximum Gasteiger partial charge on any atom is 0.261 e. The second kappa shape index (κ2) is 6.90. The van der Waals surface area contributed by atoms with E-state index in [4.69, 9.17) is 4.74 Å². The van der Waals surface area contributed by atoms with Crippen LogP contribution in [0.5, 0.6) is 5.75 Å². The summed E-state index contributed by atoms with van der Waals surface area (Å²) in [6.07, 6.45) is 0.807. The van der Waals surface area contributed by atoms with Crippen molar-refractivity contribution in [3.8, 4) is 5.75 Å². The van der Waals surface area contributed by atoms with E-state index < -0.39 is 0 Å². The van der Waals surface area contributed by atoms with Gasteiger partial charge in [0.1, 0.15) is 5.75 Å². The number of nitrogens with one attached hydrogen (secondary N) is 1. The van der Waals surface area contributed by atoms with Crippen LogP contribution in [0, 0.1) is 6.92 Å². The number of carbonyl (C=O) groups excluding carboxylic acids is 1. The quantitative estimate of drug-likeness (QED) is 0.887. The van der Waals surface area contributed by atoms with Crippen LogP contribution in [-0.4, -0.2) is 19.6 Å². The Labute approximate surface area is 131 Å². The molecular weight excluding hydrogens is 338 g/mol. The smallest absolute Gasteiger partial charge is 0.261 e. The molecule has 2 aromatic rings. The molecule has 0 saturated heterocycles. The maximum absolute atomic E-state index is 12.0. The average Bonchev–Trinajstić information content (AvgIpc) is 2.79. The number of rotatable bonds is 5. The monoisotopic (exact) mass is 353 g/mol. The summed E-state index contributed by atoms with van der Waals surface area (Å²) < 4.78 is 6.12. The number of carbonyl (C=O) groups is 1. The zero-order chi connectivity index (χ0) is 14.5. The van der Waals surface area contributed by atoms with Crippen LogP contribution in [0.4, 0.5) is 0 Å². The van der Waals surface area contributed by atoms with Crippen LogP contribution in [0.3, 0.4) is 0 Å². The zero-order valence-corrected chi connectivity index (χ0v) is 13.8. The molecule has 0 saturated carbocycles. The van der Waals surface area contributed by atoms with Crippen molar-refractivity contribution < 1.29 is 9.53 Å². The second-order valence-corrected chi connectivity index (χ2v) is 6.79. The fourth-order valence-corrected chi connectivity index (χ4v) is 3.22. The van der Waals surface area contributed by atoms with E-state index in [0.717, 1.165) is 26.4 Å². The summed E-state index contributed by atoms with van der Waals surface area (Å²) in [6.45, 7) is 2.61. The third-order valence-electron chi connectivity index (χ3n) is 2.94. The Morgan fingerprint density at radius 1 is 1.35 bits per heavy atom. The molecule has 0 aliphatic rings. The molecule has 106 valence electrons. The van der Waals surface area contributed by atoms with Gasteiger partial charge in [-0.2, -0.15) is 0 Å². The number of thiophene rings is 1. The van der Waals surface area contributed by atoms with E-state index in [-0.39, 0.29) is 5.91 Å². The first-order valence-electron chi connectivity index (χ1n) is 6.27. The lowest BCUT2D eigenvalue weighted by molar-refractivity contribution is 0.0958. The Morgan fingerprint density at radius 2 is 2.05 bits per heavy atom. The van der Waals surface area contributed by atoms with Gasteiger partial charge in [0.05, 0.1) is 15.8 Å². The first-order valence-corrected chi connectivity index (χ1v) is 7.88. The van der Waals surface area contributed by atoms with Gasteiger partial charge in [0.15, 0.2) is 0 Å². The standard InChI is InChI=1S/C15H16BrNO2S/c1-10-9-13(20-14(10)16)15(18)17-8-7-11-3-5-12(19-2)6-4-11/h3-6,9H,7-8H2,1-2H3,(H,17,18). The minimum Gasteiger partial charge on any atom is -0.497 e. The van der Waals surface area contributed by atoms with E-state index in [1.165, 1.54) is 16.9 Å². The molecule has 2 rings (SSSR count). The molecule has 1 amide bonds. The molecule has 1 heterocycles. The number of aryl methyl sites for hydroxylation is 1. The van der Waals surface area contributed by atoms with Crippen molar-refractivity contribution in [1.29, 1.82) is 0 Å². The first-order chi connectivity index (χ1) is 9.60. The fraction of sp³-hybridized carbons (Fsp3) is 0.267. The second-order valence-electron chi connectivity index (χ2n) is 4.42. The number of benzene rings is 1. The largest absolute Gasteiger partial charge is 0.497 e. The summed E-state index contributed by atoms with van der Waals surface area (Å²) in [6, 6.07) is 9.78. The molecular formula is C15H16BrNO2S. The van der Waals surface area contributed by atoms with Crippen LogP contribution in [-0.2, 0) is 6.42 Å². The van der Waals surface area contributed by atoms with Crippen LogP contribution >= 0.6 is 27.3 Å². The highest BCUT2D eigenvalue weighted by atomic mass is 79.9. The zero-order valence-electron chi connectivity index (χ0n) is 11.4. The van der Waals surface area contributed by atoms with Crippen molar-refractivity contribution >= 4 is 33.2 Å². The van der Waals surface area contributed by atoms with Crippen LogP contribution in [0.2, 0.25) is 0 Å². The molecule has 1 aromatic heterocycles. The molecule has 1 aromatic carbocycles. The van der Waals surface area contributed by atoms with E-state index in [0.29, 0.717) is 6.54 Å². The molecule has 0 radical (unpaired) electrons. The molecule has 5 heteroatoms. The molecule has 0 spiro atoms. The minimum atomic E-state index is -0.0164. The van der Waals surface area contributed by atoms with Gasteiger partial charge in [-0.1, -0.05) is 12.1 Å². The van der Waals surface area contributed by atoms with Gasteiger partial charge < -0.3 is 10.1 Å². The Hall–Kier alpha value is -1.33. The summed E-state index contributed by atoms with van der Waals surface area (Å²) in [5.74, 6) is 0.828. The van der Waals surface area contributed by atoms with Gasteiger partial charge in [0.25, 0.3) is 5.91 Å². The molecule has 3 nitrogen and oxygen atoms in total. The van der Waals surface area contributed by atoms with Crippen LogP contribution in [0.25, 0.3) is 0 Å². The normalized spacial score (nSPS) is 10.3. The minimum absolute atomic E-state index is 0.0164. The van der Waals surface area contributed by atoms with Crippen molar-refractivity contribution in [2.45, 2.75) is 13.3 Å². The number of halogens is 1. The first kappa shape index (κ1) is 15.1. The van der Waals surface area contributed by atoms with Gasteiger partial charge in [-0.3, -0.25) is 4.79 Å². The van der Waals surface area contributed by atoms with Gasteiger partial charge in [0, 0.05) is 6.54 Å². The van der Waals surface area contributed by atoms with Crippen molar-refractivity contribution in [3.05, 3.63) is 50.1 Å². The topological polar surface area (TPSA) is 38.3 Å². The molecule has 0 bridgehead atoms. The van der Waals surface area contributed by atoms with Gasteiger partial charge >= 0.3 is 0 Å². The molecule has 0 atom stereocenters. The molecule has 1 N–H and O–H groups in total. The van der Waals surface area contributed by atoms with E-state index in [9.17, 15) is 4.79 Å². The predicted molar refractivity (Wildman–Crippen MR) is 85.8 cm³/mol. The van der Waals surface area contributed by atoms with Crippen LogP contribution < -0.4 is 10.1 Å². The van der Waals surface area contributed by atoms with E-state index in [1.54, 1.807) is 7.11 Å².